The fourth-order valence-electron chi connectivity index (χ4n) is 3.16. The highest BCUT2D eigenvalue weighted by Crippen LogP contribution is 2.24. The Bertz CT molecular complexity index is 461. The van der Waals surface area contributed by atoms with Crippen LogP contribution in [0, 0.1) is 11.8 Å². The van der Waals surface area contributed by atoms with Crippen molar-refractivity contribution in [3.63, 3.8) is 0 Å². The number of nitrogens with zero attached hydrogens (tertiary/aromatic N) is 1. The number of rotatable bonds is 7. The lowest BCUT2D eigenvalue weighted by molar-refractivity contribution is -0.137. The van der Waals surface area contributed by atoms with Crippen molar-refractivity contribution >= 4 is 5.97 Å². The Labute approximate surface area is 133 Å². The van der Waals surface area contributed by atoms with Gasteiger partial charge >= 0.3 is 5.97 Å². The Kier molecular flexibility index (Phi) is 6.40. The number of benzene rings is 1. The maximum absolute atomic E-state index is 10.8. The van der Waals surface area contributed by atoms with Crippen LogP contribution in [0.15, 0.2) is 30.3 Å². The Morgan fingerprint density at radius 1 is 1.32 bits per heavy atom. The standard InChI is InChI=1S/C18H28N2O2/c1-14(2)16-10-17(13-20(12-16)9-8-18(21)22)19-11-15-6-4-3-5-7-15/h3-7,14,16-17,19H,8-13H2,1-2H3,(H,21,22). The molecule has 4 heteroatoms. The van der Waals surface area contributed by atoms with Gasteiger partial charge in [0, 0.05) is 32.2 Å². The van der Waals surface area contributed by atoms with Crippen molar-refractivity contribution < 1.29 is 9.90 Å². The molecule has 2 unspecified atom stereocenters. The van der Waals surface area contributed by atoms with Crippen molar-refractivity contribution in [2.45, 2.75) is 39.3 Å². The third kappa shape index (κ3) is 5.43. The van der Waals surface area contributed by atoms with E-state index in [-0.39, 0.29) is 6.42 Å². The molecule has 1 aromatic carbocycles. The number of carboxylic acids is 1. The average molecular weight is 304 g/mol. The van der Waals surface area contributed by atoms with E-state index in [2.05, 4.69) is 48.3 Å². The Hall–Kier alpha value is -1.39. The van der Waals surface area contributed by atoms with E-state index in [1.807, 2.05) is 6.07 Å². The van der Waals surface area contributed by atoms with Crippen LogP contribution in [0.25, 0.3) is 0 Å². The topological polar surface area (TPSA) is 52.6 Å². The monoisotopic (exact) mass is 304 g/mol. The summed E-state index contributed by atoms with van der Waals surface area (Å²) in [6.45, 7) is 8.03. The number of nitrogens with one attached hydrogen (secondary N) is 1. The zero-order valence-corrected chi connectivity index (χ0v) is 13.7. The maximum atomic E-state index is 10.8. The summed E-state index contributed by atoms with van der Waals surface area (Å²) in [5.41, 5.74) is 1.30. The molecule has 0 bridgehead atoms. The molecule has 4 nitrogen and oxygen atoms in total. The quantitative estimate of drug-likeness (QED) is 0.813. The van der Waals surface area contributed by atoms with E-state index in [0.29, 0.717) is 24.4 Å². The van der Waals surface area contributed by atoms with Gasteiger partial charge in [0.1, 0.15) is 0 Å². The summed E-state index contributed by atoms with van der Waals surface area (Å²) in [7, 11) is 0. The van der Waals surface area contributed by atoms with Crippen LogP contribution in [-0.2, 0) is 11.3 Å². The molecule has 2 N–H and O–H groups in total. The number of aliphatic carboxylic acids is 1. The van der Waals surface area contributed by atoms with Crippen molar-refractivity contribution in [3.8, 4) is 0 Å². The van der Waals surface area contributed by atoms with E-state index in [1.165, 1.54) is 12.0 Å². The molecule has 1 fully saturated rings. The molecule has 1 aromatic rings. The van der Waals surface area contributed by atoms with Crippen LogP contribution in [0.1, 0.15) is 32.3 Å². The number of hydrogen-bond acceptors (Lipinski definition) is 3. The van der Waals surface area contributed by atoms with Crippen molar-refractivity contribution in [2.75, 3.05) is 19.6 Å². The first-order valence-corrected chi connectivity index (χ1v) is 8.26. The number of likely N-dealkylation sites (tertiary alicyclic amines) is 1. The van der Waals surface area contributed by atoms with Gasteiger partial charge in [0.15, 0.2) is 0 Å². The second kappa shape index (κ2) is 8.30. The SMILES string of the molecule is CC(C)C1CC(NCc2ccccc2)CN(CCC(=O)O)C1. The predicted octanol–water partition coefficient (Wildman–Crippen LogP) is 2.60. The maximum Gasteiger partial charge on any atom is 0.304 e. The van der Waals surface area contributed by atoms with E-state index in [1.54, 1.807) is 0 Å². The van der Waals surface area contributed by atoms with Gasteiger partial charge in [-0.1, -0.05) is 44.2 Å². The first-order valence-electron chi connectivity index (χ1n) is 8.26. The lowest BCUT2D eigenvalue weighted by Crippen LogP contribution is -2.50. The number of carbonyl (C=O) groups is 1. The molecular weight excluding hydrogens is 276 g/mol. The molecule has 0 amide bonds. The van der Waals surface area contributed by atoms with Gasteiger partial charge < -0.3 is 15.3 Å². The van der Waals surface area contributed by atoms with Crippen LogP contribution >= 0.6 is 0 Å². The highest BCUT2D eigenvalue weighted by Gasteiger charge is 2.28. The minimum atomic E-state index is -0.708. The van der Waals surface area contributed by atoms with Crippen LogP contribution in [0.4, 0.5) is 0 Å². The summed E-state index contributed by atoms with van der Waals surface area (Å²) in [6.07, 6.45) is 1.41. The Balaban J connectivity index is 1.89. The third-order valence-electron chi connectivity index (χ3n) is 4.58. The summed E-state index contributed by atoms with van der Waals surface area (Å²) in [5.74, 6) is 0.560. The largest absolute Gasteiger partial charge is 0.481 e. The lowest BCUT2D eigenvalue weighted by atomic mass is 9.85. The molecule has 0 saturated carbocycles. The molecule has 0 aliphatic carbocycles. The summed E-state index contributed by atoms with van der Waals surface area (Å²) < 4.78 is 0. The average Bonchev–Trinajstić information content (AvgIpc) is 2.52. The van der Waals surface area contributed by atoms with E-state index < -0.39 is 5.97 Å². The minimum absolute atomic E-state index is 0.232. The van der Waals surface area contributed by atoms with Gasteiger partial charge in [-0.05, 0) is 23.8 Å². The molecule has 1 aliphatic heterocycles. The van der Waals surface area contributed by atoms with Crippen molar-refractivity contribution in [1.82, 2.24) is 10.2 Å². The summed E-state index contributed by atoms with van der Waals surface area (Å²) in [5, 5.41) is 12.5. The van der Waals surface area contributed by atoms with Crippen LogP contribution in [0.5, 0.6) is 0 Å². The number of piperidine rings is 1. The van der Waals surface area contributed by atoms with Gasteiger partial charge in [-0.25, -0.2) is 0 Å². The molecular formula is C18H28N2O2. The lowest BCUT2D eigenvalue weighted by Gasteiger charge is -2.39. The molecule has 0 radical (unpaired) electrons. The third-order valence-corrected chi connectivity index (χ3v) is 4.58. The van der Waals surface area contributed by atoms with Gasteiger partial charge in [0.2, 0.25) is 0 Å². The molecule has 1 heterocycles. The Morgan fingerprint density at radius 3 is 2.68 bits per heavy atom. The molecule has 0 spiro atoms. The zero-order chi connectivity index (χ0) is 15.9. The smallest absolute Gasteiger partial charge is 0.304 e. The molecule has 2 rings (SSSR count). The molecule has 1 saturated heterocycles. The fraction of sp³-hybridized carbons (Fsp3) is 0.611. The van der Waals surface area contributed by atoms with Crippen molar-refractivity contribution in [1.29, 1.82) is 0 Å². The molecule has 2 atom stereocenters. The van der Waals surface area contributed by atoms with Crippen molar-refractivity contribution in [2.24, 2.45) is 11.8 Å². The van der Waals surface area contributed by atoms with Gasteiger partial charge in [-0.2, -0.15) is 0 Å². The molecule has 22 heavy (non-hydrogen) atoms. The first kappa shape index (κ1) is 17.0. The van der Waals surface area contributed by atoms with Crippen LogP contribution in [0.2, 0.25) is 0 Å². The highest BCUT2D eigenvalue weighted by atomic mass is 16.4. The fourth-order valence-corrected chi connectivity index (χ4v) is 3.16. The number of hydrogen-bond donors (Lipinski definition) is 2. The minimum Gasteiger partial charge on any atom is -0.481 e. The molecule has 1 aliphatic rings. The van der Waals surface area contributed by atoms with E-state index >= 15 is 0 Å². The molecule has 0 aromatic heterocycles. The summed E-state index contributed by atoms with van der Waals surface area (Å²) >= 11 is 0. The normalized spacial score (nSPS) is 22.9. The van der Waals surface area contributed by atoms with Gasteiger partial charge in [0.05, 0.1) is 6.42 Å². The second-order valence-corrected chi connectivity index (χ2v) is 6.71. The van der Waals surface area contributed by atoms with Gasteiger partial charge in [0.25, 0.3) is 0 Å². The predicted molar refractivity (Wildman–Crippen MR) is 88.7 cm³/mol. The van der Waals surface area contributed by atoms with Gasteiger partial charge in [-0.15, -0.1) is 0 Å². The van der Waals surface area contributed by atoms with Crippen LogP contribution < -0.4 is 5.32 Å². The highest BCUT2D eigenvalue weighted by molar-refractivity contribution is 5.66. The summed E-state index contributed by atoms with van der Waals surface area (Å²) in [4.78, 5) is 13.1. The summed E-state index contributed by atoms with van der Waals surface area (Å²) in [6, 6.07) is 10.9. The zero-order valence-electron chi connectivity index (χ0n) is 13.7. The van der Waals surface area contributed by atoms with E-state index in [4.69, 9.17) is 5.11 Å². The number of carboxylic acid groups (broad SMARTS) is 1. The van der Waals surface area contributed by atoms with Gasteiger partial charge in [-0.3, -0.25) is 4.79 Å². The van der Waals surface area contributed by atoms with E-state index in [9.17, 15) is 4.79 Å². The second-order valence-electron chi connectivity index (χ2n) is 6.71. The molecule has 122 valence electrons. The van der Waals surface area contributed by atoms with Crippen LogP contribution in [-0.4, -0.2) is 41.7 Å². The van der Waals surface area contributed by atoms with Crippen LogP contribution in [0.3, 0.4) is 0 Å². The first-order chi connectivity index (χ1) is 10.5. The van der Waals surface area contributed by atoms with Crippen molar-refractivity contribution in [3.05, 3.63) is 35.9 Å². The Morgan fingerprint density at radius 2 is 2.05 bits per heavy atom. The van der Waals surface area contributed by atoms with E-state index in [0.717, 1.165) is 19.6 Å².